The zero-order valence-electron chi connectivity index (χ0n) is 30.0. The second kappa shape index (κ2) is 12.4. The highest BCUT2D eigenvalue weighted by atomic mass is 15.1. The fourth-order valence-corrected chi connectivity index (χ4v) is 6.86. The molecule has 0 aliphatic rings. The number of pyridine rings is 1. The molecule has 0 radical (unpaired) electrons. The maximum Gasteiger partial charge on any atom is 0.166 e. The number of hydrogen-bond donors (Lipinski definition) is 0. The van der Waals surface area contributed by atoms with Gasteiger partial charge in [-0.2, -0.15) is 0 Å². The summed E-state index contributed by atoms with van der Waals surface area (Å²) in [6.07, 6.45) is 3.71. The van der Waals surface area contributed by atoms with Crippen molar-refractivity contribution in [2.45, 2.75) is 52.4 Å². The van der Waals surface area contributed by atoms with Crippen LogP contribution in [0.3, 0.4) is 0 Å². The van der Waals surface area contributed by atoms with E-state index in [2.05, 4.69) is 142 Å². The number of benzene rings is 5. The summed E-state index contributed by atoms with van der Waals surface area (Å²) >= 11 is 0. The Morgan fingerprint density at radius 1 is 0.431 bits per heavy atom. The van der Waals surface area contributed by atoms with Crippen molar-refractivity contribution in [1.29, 1.82) is 0 Å². The zero-order valence-corrected chi connectivity index (χ0v) is 30.0. The third-order valence-corrected chi connectivity index (χ3v) is 9.69. The van der Waals surface area contributed by atoms with E-state index >= 15 is 0 Å². The van der Waals surface area contributed by atoms with Crippen LogP contribution in [0.1, 0.15) is 52.7 Å². The predicted molar refractivity (Wildman–Crippen MR) is 211 cm³/mol. The van der Waals surface area contributed by atoms with Crippen LogP contribution in [-0.2, 0) is 10.8 Å². The van der Waals surface area contributed by atoms with E-state index in [1.54, 1.807) is 0 Å². The fraction of sp³-hybridized carbons (Fsp3) is 0.174. The van der Waals surface area contributed by atoms with Gasteiger partial charge in [-0.25, -0.2) is 15.0 Å². The largest absolute Gasteiger partial charge is 0.308 e. The van der Waals surface area contributed by atoms with Gasteiger partial charge in [0.2, 0.25) is 0 Å². The van der Waals surface area contributed by atoms with Gasteiger partial charge in [-0.3, -0.25) is 4.98 Å². The summed E-state index contributed by atoms with van der Waals surface area (Å²) < 4.78 is 2.42. The molecule has 0 aliphatic heterocycles. The third-order valence-electron chi connectivity index (χ3n) is 9.69. The second-order valence-electron chi connectivity index (χ2n) is 15.3. The van der Waals surface area contributed by atoms with Gasteiger partial charge in [0.15, 0.2) is 17.5 Å². The number of hydrogen-bond acceptors (Lipinski definition) is 4. The molecule has 5 nitrogen and oxygen atoms in total. The van der Waals surface area contributed by atoms with Crippen molar-refractivity contribution in [2.75, 3.05) is 0 Å². The van der Waals surface area contributed by atoms with Crippen LogP contribution in [0.5, 0.6) is 0 Å². The van der Waals surface area contributed by atoms with E-state index in [0.717, 1.165) is 44.5 Å². The maximum atomic E-state index is 5.21. The van der Waals surface area contributed by atoms with E-state index in [4.69, 9.17) is 15.0 Å². The van der Waals surface area contributed by atoms with E-state index in [9.17, 15) is 0 Å². The molecule has 0 N–H and O–H groups in total. The van der Waals surface area contributed by atoms with Gasteiger partial charge in [-0.05, 0) is 70.0 Å². The topological polar surface area (TPSA) is 56.5 Å². The van der Waals surface area contributed by atoms with Crippen molar-refractivity contribution in [2.24, 2.45) is 0 Å². The van der Waals surface area contributed by atoms with Gasteiger partial charge in [-0.15, -0.1) is 0 Å². The molecule has 0 amide bonds. The van der Waals surface area contributed by atoms with Crippen LogP contribution < -0.4 is 0 Å². The highest BCUT2D eigenvalue weighted by Gasteiger charge is 2.25. The molecule has 8 aromatic rings. The summed E-state index contributed by atoms with van der Waals surface area (Å²) in [7, 11) is 0. The van der Waals surface area contributed by atoms with Crippen molar-refractivity contribution < 1.29 is 0 Å². The average molecular weight is 664 g/mol. The van der Waals surface area contributed by atoms with E-state index in [1.165, 1.54) is 21.9 Å². The Morgan fingerprint density at radius 2 is 0.902 bits per heavy atom. The summed E-state index contributed by atoms with van der Waals surface area (Å²) in [6, 6.07) is 44.8. The highest BCUT2D eigenvalue weighted by Crippen LogP contribution is 2.43. The van der Waals surface area contributed by atoms with Crippen LogP contribution in [0.4, 0.5) is 0 Å². The van der Waals surface area contributed by atoms with Crippen molar-refractivity contribution in [3.05, 3.63) is 151 Å². The summed E-state index contributed by atoms with van der Waals surface area (Å²) in [5.74, 6) is 1.87. The van der Waals surface area contributed by atoms with E-state index < -0.39 is 0 Å². The Morgan fingerprint density at radius 3 is 1.39 bits per heavy atom. The second-order valence-corrected chi connectivity index (χ2v) is 15.3. The molecule has 0 saturated heterocycles. The minimum absolute atomic E-state index is 0.00306. The first-order valence-corrected chi connectivity index (χ1v) is 17.6. The minimum Gasteiger partial charge on any atom is -0.308 e. The van der Waals surface area contributed by atoms with Gasteiger partial charge in [0.05, 0.1) is 16.7 Å². The Bertz CT molecular complexity index is 2390. The molecule has 8 rings (SSSR count). The highest BCUT2D eigenvalue weighted by molar-refractivity contribution is 6.11. The fourth-order valence-electron chi connectivity index (χ4n) is 6.86. The van der Waals surface area contributed by atoms with Crippen LogP contribution in [-0.4, -0.2) is 24.5 Å². The molecule has 5 heteroatoms. The molecule has 0 bridgehead atoms. The summed E-state index contributed by atoms with van der Waals surface area (Å²) in [6.45, 7) is 13.7. The standard InChI is InChI=1S/C46H41N5/c1-45(2,3)33-20-22-39-37(28-33)38-29-34(46(4,5)6)21-23-40(38)51(39)41-35(30-24-26-47-27-25-30)18-13-19-36(41)44-49-42(31-14-9-7-10-15-31)48-43(50-44)32-16-11-8-12-17-32/h7-29H,1-6H3. The van der Waals surface area contributed by atoms with Gasteiger partial charge >= 0.3 is 0 Å². The monoisotopic (exact) mass is 663 g/mol. The van der Waals surface area contributed by atoms with Gasteiger partial charge in [-0.1, -0.05) is 126 Å². The van der Waals surface area contributed by atoms with E-state index in [0.29, 0.717) is 17.5 Å². The summed E-state index contributed by atoms with van der Waals surface area (Å²) in [5.41, 5.74) is 10.8. The normalized spacial score (nSPS) is 12.1. The molecule has 51 heavy (non-hydrogen) atoms. The molecule has 3 aromatic heterocycles. The summed E-state index contributed by atoms with van der Waals surface area (Å²) in [5, 5.41) is 2.45. The molecule has 0 saturated carbocycles. The number of para-hydroxylation sites is 1. The van der Waals surface area contributed by atoms with Crippen molar-refractivity contribution in [1.82, 2.24) is 24.5 Å². The number of fused-ring (bicyclic) bond motifs is 3. The van der Waals surface area contributed by atoms with Gasteiger partial charge < -0.3 is 4.57 Å². The number of nitrogens with zero attached hydrogens (tertiary/aromatic N) is 5. The quantitative estimate of drug-likeness (QED) is 0.184. The zero-order chi connectivity index (χ0) is 35.3. The van der Waals surface area contributed by atoms with Crippen molar-refractivity contribution in [3.63, 3.8) is 0 Å². The Balaban J connectivity index is 1.50. The average Bonchev–Trinajstić information content (AvgIpc) is 3.47. The van der Waals surface area contributed by atoms with E-state index in [-0.39, 0.29) is 10.8 Å². The molecule has 250 valence electrons. The third kappa shape index (κ3) is 5.99. The SMILES string of the molecule is CC(C)(C)c1ccc2c(c1)c1cc(C(C)(C)C)ccc1n2-c1c(-c2ccncc2)cccc1-c1nc(-c2ccccc2)nc(-c2ccccc2)n1. The lowest BCUT2D eigenvalue weighted by atomic mass is 9.85. The lowest BCUT2D eigenvalue weighted by molar-refractivity contribution is 0.590. The van der Waals surface area contributed by atoms with Gasteiger partial charge in [0, 0.05) is 45.4 Å². The molecular formula is C46H41N5. The Hall–Kier alpha value is -5.94. The van der Waals surface area contributed by atoms with Crippen molar-refractivity contribution >= 4 is 21.8 Å². The molecule has 0 unspecified atom stereocenters. The first-order chi connectivity index (χ1) is 24.6. The van der Waals surface area contributed by atoms with Gasteiger partial charge in [0.1, 0.15) is 0 Å². The van der Waals surface area contributed by atoms with Crippen LogP contribution >= 0.6 is 0 Å². The molecule has 0 atom stereocenters. The first kappa shape index (κ1) is 32.3. The summed E-state index contributed by atoms with van der Waals surface area (Å²) in [4.78, 5) is 19.8. The Labute approximate surface area is 299 Å². The van der Waals surface area contributed by atoms with Crippen LogP contribution in [0.25, 0.3) is 72.8 Å². The smallest absolute Gasteiger partial charge is 0.166 e. The van der Waals surface area contributed by atoms with Crippen LogP contribution in [0.2, 0.25) is 0 Å². The number of rotatable bonds is 5. The lowest BCUT2D eigenvalue weighted by Crippen LogP contribution is -2.10. The van der Waals surface area contributed by atoms with Crippen LogP contribution in [0.15, 0.2) is 140 Å². The van der Waals surface area contributed by atoms with Crippen molar-refractivity contribution in [3.8, 4) is 51.0 Å². The first-order valence-electron chi connectivity index (χ1n) is 17.6. The van der Waals surface area contributed by atoms with Crippen LogP contribution in [0, 0.1) is 0 Å². The molecule has 5 aromatic carbocycles. The molecule has 0 aliphatic carbocycles. The molecule has 0 fully saturated rings. The van der Waals surface area contributed by atoms with E-state index in [1.807, 2.05) is 48.8 Å². The molecular weight excluding hydrogens is 623 g/mol. The number of aromatic nitrogens is 5. The maximum absolute atomic E-state index is 5.21. The lowest BCUT2D eigenvalue weighted by Gasteiger charge is -2.21. The molecule has 3 heterocycles. The predicted octanol–water partition coefficient (Wildman–Crippen LogP) is 11.6. The van der Waals surface area contributed by atoms with Gasteiger partial charge in [0.25, 0.3) is 0 Å². The minimum atomic E-state index is -0.00306. The molecule has 0 spiro atoms. The Kier molecular flexibility index (Phi) is 7.87.